The van der Waals surface area contributed by atoms with Crippen LogP contribution in [0.25, 0.3) is 16.9 Å². The molecule has 0 spiro atoms. The zero-order valence-electron chi connectivity index (χ0n) is 20.3. The number of aliphatic hydroxyl groups is 1. The Bertz CT molecular complexity index is 1340. The molecule has 0 aliphatic carbocycles. The van der Waals surface area contributed by atoms with E-state index >= 15 is 0 Å². The fourth-order valence-corrected chi connectivity index (χ4v) is 4.00. The van der Waals surface area contributed by atoms with Gasteiger partial charge in [0.25, 0.3) is 5.91 Å². The van der Waals surface area contributed by atoms with Crippen molar-refractivity contribution in [2.24, 2.45) is 0 Å². The van der Waals surface area contributed by atoms with Crippen LogP contribution >= 0.6 is 0 Å². The molecule has 0 aromatic carbocycles. The lowest BCUT2D eigenvalue weighted by Gasteiger charge is -2.40. The van der Waals surface area contributed by atoms with E-state index in [0.29, 0.717) is 41.2 Å². The topological polar surface area (TPSA) is 136 Å². The molecular weight excluding hydrogens is 465 g/mol. The number of hydrogen-bond acceptors (Lipinski definition) is 7. The molecular formula is C25H28FN7O3. The number of likely N-dealkylation sites (tertiary alicyclic amines) is 1. The van der Waals surface area contributed by atoms with Gasteiger partial charge in [0.2, 0.25) is 5.91 Å². The van der Waals surface area contributed by atoms with Gasteiger partial charge in [0.05, 0.1) is 58.1 Å². The molecule has 3 aromatic rings. The highest BCUT2D eigenvalue weighted by Crippen LogP contribution is 2.27. The molecule has 0 radical (unpaired) electrons. The number of fused-ring (bicyclic) bond motifs is 1. The van der Waals surface area contributed by atoms with Gasteiger partial charge in [-0.3, -0.25) is 14.6 Å². The van der Waals surface area contributed by atoms with Gasteiger partial charge in [-0.15, -0.1) is 0 Å². The Labute approximate surface area is 207 Å². The first-order chi connectivity index (χ1) is 17.1. The summed E-state index contributed by atoms with van der Waals surface area (Å²) in [5.41, 5.74) is 1.42. The van der Waals surface area contributed by atoms with Crippen molar-refractivity contribution in [2.75, 3.05) is 25.0 Å². The maximum atomic E-state index is 14.2. The van der Waals surface area contributed by atoms with Crippen LogP contribution in [0.3, 0.4) is 0 Å². The van der Waals surface area contributed by atoms with Crippen molar-refractivity contribution in [2.45, 2.75) is 45.0 Å². The van der Waals surface area contributed by atoms with E-state index in [1.54, 1.807) is 21.5 Å². The van der Waals surface area contributed by atoms with Crippen LogP contribution in [0, 0.1) is 11.3 Å². The first kappa shape index (κ1) is 25.1. The highest BCUT2D eigenvalue weighted by Gasteiger charge is 2.30. The lowest BCUT2D eigenvalue weighted by atomic mass is 10.0. The van der Waals surface area contributed by atoms with Crippen LogP contribution in [0.15, 0.2) is 36.7 Å². The second kappa shape index (κ2) is 9.91. The Morgan fingerprint density at radius 2 is 2.11 bits per heavy atom. The second-order valence-corrected chi connectivity index (χ2v) is 9.39. The van der Waals surface area contributed by atoms with Crippen LogP contribution in [0.2, 0.25) is 0 Å². The van der Waals surface area contributed by atoms with Gasteiger partial charge in [-0.1, -0.05) is 0 Å². The Morgan fingerprint density at radius 1 is 1.33 bits per heavy atom. The Hall–Kier alpha value is -4.04. The number of nitriles is 1. The van der Waals surface area contributed by atoms with Crippen LogP contribution < -0.4 is 10.6 Å². The van der Waals surface area contributed by atoms with Crippen molar-refractivity contribution in [3.05, 3.63) is 47.8 Å². The number of halogens is 1. The summed E-state index contributed by atoms with van der Waals surface area (Å²) in [7, 11) is 0. The van der Waals surface area contributed by atoms with Gasteiger partial charge >= 0.3 is 0 Å². The molecule has 1 unspecified atom stereocenters. The molecule has 3 aromatic heterocycles. The Kier molecular flexibility index (Phi) is 6.90. The molecule has 0 saturated carbocycles. The summed E-state index contributed by atoms with van der Waals surface area (Å²) in [6.45, 7) is 4.95. The molecule has 2 atom stereocenters. The maximum Gasteiger partial charge on any atom is 0.255 e. The second-order valence-electron chi connectivity index (χ2n) is 9.39. The van der Waals surface area contributed by atoms with Gasteiger partial charge in [-0.25, -0.2) is 8.91 Å². The first-order valence-electron chi connectivity index (χ1n) is 11.6. The summed E-state index contributed by atoms with van der Waals surface area (Å²) in [5, 5.41) is 29.0. The number of carbonyl (C=O) groups is 2. The van der Waals surface area contributed by atoms with Crippen LogP contribution in [0.5, 0.6) is 0 Å². The van der Waals surface area contributed by atoms with E-state index < -0.39 is 17.7 Å². The quantitative estimate of drug-likeness (QED) is 0.437. The molecule has 10 nitrogen and oxygen atoms in total. The predicted octanol–water partition coefficient (Wildman–Crippen LogP) is 2.14. The van der Waals surface area contributed by atoms with E-state index in [2.05, 4.69) is 26.8 Å². The molecule has 188 valence electrons. The standard InChI is InChI=1S/C25H28FN7O3/c1-15(34)32-7-6-18(32)12-28-20-9-21(22-5-4-17-8-16(10-27)11-31-33(17)22)29-13-19(20)24(35)30-14-23(26)25(2,3)36/h4-5,8-9,11,13,18,23,36H,6-7,12,14H2,1-3H3,(H,28,29)(H,30,35)/t18-,23?/m0/s1. The molecule has 0 bridgehead atoms. The summed E-state index contributed by atoms with van der Waals surface area (Å²) in [5.74, 6) is -0.554. The van der Waals surface area contributed by atoms with Gasteiger partial charge in [0, 0.05) is 26.2 Å². The summed E-state index contributed by atoms with van der Waals surface area (Å²) in [6.07, 6.45) is 2.05. The molecule has 1 fully saturated rings. The number of alkyl halides is 1. The number of carbonyl (C=O) groups excluding carboxylic acids is 2. The van der Waals surface area contributed by atoms with Crippen LogP contribution in [0.4, 0.5) is 10.1 Å². The van der Waals surface area contributed by atoms with Gasteiger partial charge in [-0.2, -0.15) is 10.4 Å². The van der Waals surface area contributed by atoms with Gasteiger partial charge < -0.3 is 20.6 Å². The zero-order chi connectivity index (χ0) is 26.0. The van der Waals surface area contributed by atoms with Gasteiger partial charge in [0.15, 0.2) is 0 Å². The van der Waals surface area contributed by atoms with E-state index in [4.69, 9.17) is 5.26 Å². The smallest absolute Gasteiger partial charge is 0.255 e. The van der Waals surface area contributed by atoms with E-state index in [-0.39, 0.29) is 24.1 Å². The predicted molar refractivity (Wildman–Crippen MR) is 131 cm³/mol. The SMILES string of the molecule is CC(=O)N1CC[C@H]1CNc1cc(-c2ccc3cc(C#N)cnn23)ncc1C(=O)NCC(F)C(C)(C)O. The number of hydrogen-bond donors (Lipinski definition) is 3. The number of nitrogens with one attached hydrogen (secondary N) is 2. The normalized spacial score (nSPS) is 16.2. The molecule has 1 saturated heterocycles. The maximum absolute atomic E-state index is 14.2. The van der Waals surface area contributed by atoms with Crippen molar-refractivity contribution in [1.82, 2.24) is 24.8 Å². The average Bonchev–Trinajstić information content (AvgIpc) is 3.23. The van der Waals surface area contributed by atoms with Crippen molar-refractivity contribution < 1.29 is 19.1 Å². The van der Waals surface area contributed by atoms with Gasteiger partial charge in [0.1, 0.15) is 12.2 Å². The van der Waals surface area contributed by atoms with Crippen molar-refractivity contribution in [3.8, 4) is 17.5 Å². The molecule has 1 aliphatic rings. The highest BCUT2D eigenvalue weighted by molar-refractivity contribution is 6.00. The monoisotopic (exact) mass is 493 g/mol. The molecule has 4 heterocycles. The van der Waals surface area contributed by atoms with Gasteiger partial charge in [-0.05, 0) is 44.5 Å². The number of amides is 2. The lowest BCUT2D eigenvalue weighted by Crippen LogP contribution is -2.53. The molecule has 4 rings (SSSR count). The zero-order valence-corrected chi connectivity index (χ0v) is 20.3. The number of pyridine rings is 1. The fraction of sp³-hybridized carbons (Fsp3) is 0.400. The summed E-state index contributed by atoms with van der Waals surface area (Å²) in [4.78, 5) is 30.9. The fourth-order valence-electron chi connectivity index (χ4n) is 4.00. The average molecular weight is 494 g/mol. The van der Waals surface area contributed by atoms with Crippen molar-refractivity contribution in [1.29, 1.82) is 5.26 Å². The molecule has 1 aliphatic heterocycles. The summed E-state index contributed by atoms with van der Waals surface area (Å²) < 4.78 is 15.8. The number of aromatic nitrogens is 3. The minimum atomic E-state index is -1.65. The van der Waals surface area contributed by atoms with E-state index in [9.17, 15) is 19.1 Å². The Balaban J connectivity index is 1.63. The van der Waals surface area contributed by atoms with E-state index in [1.165, 1.54) is 33.2 Å². The van der Waals surface area contributed by atoms with Crippen molar-refractivity contribution >= 4 is 23.0 Å². The molecule has 11 heteroatoms. The molecule has 2 amide bonds. The molecule has 36 heavy (non-hydrogen) atoms. The third-order valence-electron chi connectivity index (χ3n) is 6.33. The lowest BCUT2D eigenvalue weighted by molar-refractivity contribution is -0.135. The van der Waals surface area contributed by atoms with Crippen LogP contribution in [0.1, 0.15) is 43.1 Å². The van der Waals surface area contributed by atoms with E-state index in [0.717, 1.165) is 6.42 Å². The molecule has 3 N–H and O–H groups in total. The number of rotatable bonds is 8. The number of anilines is 1. The van der Waals surface area contributed by atoms with E-state index in [1.807, 2.05) is 12.1 Å². The van der Waals surface area contributed by atoms with Crippen molar-refractivity contribution in [3.63, 3.8) is 0 Å². The first-order valence-corrected chi connectivity index (χ1v) is 11.6. The minimum absolute atomic E-state index is 0.000589. The number of nitrogens with zero attached hydrogens (tertiary/aromatic N) is 5. The van der Waals surface area contributed by atoms with Crippen LogP contribution in [-0.4, -0.2) is 73.9 Å². The Morgan fingerprint density at radius 3 is 2.75 bits per heavy atom. The van der Waals surface area contributed by atoms with Crippen LogP contribution in [-0.2, 0) is 4.79 Å². The summed E-state index contributed by atoms with van der Waals surface area (Å²) >= 11 is 0. The third kappa shape index (κ3) is 5.13. The highest BCUT2D eigenvalue weighted by atomic mass is 19.1. The largest absolute Gasteiger partial charge is 0.387 e. The third-order valence-corrected chi connectivity index (χ3v) is 6.33. The summed E-state index contributed by atoms with van der Waals surface area (Å²) in [6, 6.07) is 9.10. The minimum Gasteiger partial charge on any atom is -0.387 e.